The molecule has 0 spiro atoms. The number of rotatable bonds is 4. The lowest BCUT2D eigenvalue weighted by atomic mass is 10.1. The predicted molar refractivity (Wildman–Crippen MR) is 82.0 cm³/mol. The molecule has 1 atom stereocenters. The SMILES string of the molecule is CC(NCc1cc(Cl)cs1)c1ccc2c(c1)OCCO2. The minimum absolute atomic E-state index is 0.242. The van der Waals surface area contributed by atoms with Crippen LogP contribution in [0.4, 0.5) is 0 Å². The van der Waals surface area contributed by atoms with E-state index in [1.807, 2.05) is 23.6 Å². The first-order chi connectivity index (χ1) is 9.72. The lowest BCUT2D eigenvalue weighted by molar-refractivity contribution is 0.171. The van der Waals surface area contributed by atoms with Crippen molar-refractivity contribution in [1.82, 2.24) is 5.32 Å². The van der Waals surface area contributed by atoms with E-state index in [4.69, 9.17) is 21.1 Å². The topological polar surface area (TPSA) is 30.5 Å². The first kappa shape index (κ1) is 13.7. The summed E-state index contributed by atoms with van der Waals surface area (Å²) in [6.07, 6.45) is 0. The quantitative estimate of drug-likeness (QED) is 0.925. The fraction of sp³-hybridized carbons (Fsp3) is 0.333. The van der Waals surface area contributed by atoms with Gasteiger partial charge < -0.3 is 14.8 Å². The van der Waals surface area contributed by atoms with Gasteiger partial charge in [-0.2, -0.15) is 0 Å². The number of thiophene rings is 1. The number of nitrogens with one attached hydrogen (secondary N) is 1. The van der Waals surface area contributed by atoms with Crippen molar-refractivity contribution in [1.29, 1.82) is 0 Å². The molecule has 0 radical (unpaired) electrons. The second-order valence-corrected chi connectivity index (χ2v) is 6.17. The predicted octanol–water partition coefficient (Wildman–Crippen LogP) is 4.02. The lowest BCUT2D eigenvalue weighted by Gasteiger charge is -2.21. The largest absolute Gasteiger partial charge is 0.486 e. The van der Waals surface area contributed by atoms with Crippen molar-refractivity contribution in [3.05, 3.63) is 45.1 Å². The molecule has 2 aromatic rings. The van der Waals surface area contributed by atoms with Crippen LogP contribution in [-0.4, -0.2) is 13.2 Å². The van der Waals surface area contributed by atoms with Gasteiger partial charge in [-0.15, -0.1) is 11.3 Å². The Balaban J connectivity index is 1.66. The average molecular weight is 310 g/mol. The Morgan fingerprint density at radius 2 is 2.05 bits per heavy atom. The maximum Gasteiger partial charge on any atom is 0.161 e. The Bertz CT molecular complexity index is 599. The second kappa shape index (κ2) is 6.04. The maximum absolute atomic E-state index is 5.92. The van der Waals surface area contributed by atoms with Crippen LogP contribution in [0, 0.1) is 0 Å². The molecule has 0 bridgehead atoms. The first-order valence-electron chi connectivity index (χ1n) is 6.58. The molecule has 0 aliphatic carbocycles. The molecule has 1 aliphatic rings. The molecular formula is C15H16ClNO2S. The van der Waals surface area contributed by atoms with Crippen LogP contribution in [-0.2, 0) is 6.54 Å². The van der Waals surface area contributed by atoms with Crippen LogP contribution in [0.1, 0.15) is 23.4 Å². The van der Waals surface area contributed by atoms with Crippen molar-refractivity contribution in [2.75, 3.05) is 13.2 Å². The highest BCUT2D eigenvalue weighted by Gasteiger charge is 2.14. The molecule has 106 valence electrons. The van der Waals surface area contributed by atoms with Gasteiger partial charge in [-0.25, -0.2) is 0 Å². The van der Waals surface area contributed by atoms with E-state index in [0.717, 1.165) is 23.1 Å². The Labute approximate surface area is 127 Å². The highest BCUT2D eigenvalue weighted by atomic mass is 35.5. The third kappa shape index (κ3) is 3.08. The van der Waals surface area contributed by atoms with E-state index in [-0.39, 0.29) is 6.04 Å². The molecule has 0 fully saturated rings. The highest BCUT2D eigenvalue weighted by molar-refractivity contribution is 7.10. The molecule has 3 nitrogen and oxygen atoms in total. The summed E-state index contributed by atoms with van der Waals surface area (Å²) < 4.78 is 11.1. The van der Waals surface area contributed by atoms with Crippen LogP contribution in [0.5, 0.6) is 11.5 Å². The second-order valence-electron chi connectivity index (χ2n) is 4.74. The standard InChI is InChI=1S/C15H16ClNO2S/c1-10(17-8-13-7-12(16)9-20-13)11-2-3-14-15(6-11)19-5-4-18-14/h2-3,6-7,9-10,17H,4-5,8H2,1H3. The smallest absolute Gasteiger partial charge is 0.161 e. The molecule has 20 heavy (non-hydrogen) atoms. The first-order valence-corrected chi connectivity index (χ1v) is 7.84. The number of hydrogen-bond donors (Lipinski definition) is 1. The molecule has 0 amide bonds. The van der Waals surface area contributed by atoms with Gasteiger partial charge in [0.05, 0.1) is 5.02 Å². The van der Waals surface area contributed by atoms with Crippen LogP contribution in [0.15, 0.2) is 29.6 Å². The summed E-state index contributed by atoms with van der Waals surface area (Å²) in [4.78, 5) is 1.24. The monoisotopic (exact) mass is 309 g/mol. The number of halogens is 1. The van der Waals surface area contributed by atoms with Gasteiger partial charge in [-0.1, -0.05) is 17.7 Å². The van der Waals surface area contributed by atoms with E-state index in [9.17, 15) is 0 Å². The van der Waals surface area contributed by atoms with E-state index >= 15 is 0 Å². The number of ether oxygens (including phenoxy) is 2. The van der Waals surface area contributed by atoms with Crippen LogP contribution >= 0.6 is 22.9 Å². The molecule has 1 aliphatic heterocycles. The Kier molecular flexibility index (Phi) is 4.15. The summed E-state index contributed by atoms with van der Waals surface area (Å²) in [6, 6.07) is 8.34. The van der Waals surface area contributed by atoms with Crippen LogP contribution in [0.25, 0.3) is 0 Å². The summed E-state index contributed by atoms with van der Waals surface area (Å²) in [5.74, 6) is 1.67. The van der Waals surface area contributed by atoms with Gasteiger partial charge in [-0.3, -0.25) is 0 Å². The molecule has 0 saturated carbocycles. The molecule has 5 heteroatoms. The van der Waals surface area contributed by atoms with E-state index in [0.29, 0.717) is 13.2 Å². The summed E-state index contributed by atoms with van der Waals surface area (Å²) in [5, 5.41) is 6.25. The molecule has 3 rings (SSSR count). The zero-order valence-electron chi connectivity index (χ0n) is 11.2. The Hall–Kier alpha value is -1.23. The zero-order chi connectivity index (χ0) is 13.9. The normalized spacial score (nSPS) is 15.1. The molecule has 1 unspecified atom stereocenters. The van der Waals surface area contributed by atoms with E-state index < -0.39 is 0 Å². The van der Waals surface area contributed by atoms with Crippen molar-refractivity contribution in [3.63, 3.8) is 0 Å². The molecule has 1 N–H and O–H groups in total. The van der Waals surface area contributed by atoms with Crippen molar-refractivity contribution in [2.45, 2.75) is 19.5 Å². The van der Waals surface area contributed by atoms with E-state index in [2.05, 4.69) is 18.3 Å². The summed E-state index contributed by atoms with van der Waals surface area (Å²) in [6.45, 7) is 4.19. The molecule has 1 aromatic heterocycles. The number of benzene rings is 1. The minimum atomic E-state index is 0.242. The van der Waals surface area contributed by atoms with Crippen molar-refractivity contribution < 1.29 is 9.47 Å². The molecule has 0 saturated heterocycles. The Morgan fingerprint density at radius 3 is 2.80 bits per heavy atom. The van der Waals surface area contributed by atoms with Crippen molar-refractivity contribution in [3.8, 4) is 11.5 Å². The summed E-state index contributed by atoms with van der Waals surface area (Å²) >= 11 is 7.59. The molecule has 2 heterocycles. The van der Waals surface area contributed by atoms with Gasteiger partial charge in [0, 0.05) is 22.8 Å². The number of hydrogen-bond acceptors (Lipinski definition) is 4. The van der Waals surface area contributed by atoms with Gasteiger partial charge >= 0.3 is 0 Å². The third-order valence-electron chi connectivity index (χ3n) is 3.27. The lowest BCUT2D eigenvalue weighted by Crippen LogP contribution is -2.19. The van der Waals surface area contributed by atoms with Gasteiger partial charge in [0.15, 0.2) is 11.5 Å². The van der Waals surface area contributed by atoms with Gasteiger partial charge in [-0.05, 0) is 30.7 Å². The third-order valence-corrected chi connectivity index (χ3v) is 4.55. The van der Waals surface area contributed by atoms with Crippen molar-refractivity contribution in [2.24, 2.45) is 0 Å². The van der Waals surface area contributed by atoms with Gasteiger partial charge in [0.2, 0.25) is 0 Å². The summed E-state index contributed by atoms with van der Waals surface area (Å²) in [7, 11) is 0. The highest BCUT2D eigenvalue weighted by Crippen LogP contribution is 2.32. The summed E-state index contributed by atoms with van der Waals surface area (Å²) in [5.41, 5.74) is 1.19. The van der Waals surface area contributed by atoms with E-state index in [1.54, 1.807) is 11.3 Å². The van der Waals surface area contributed by atoms with Gasteiger partial charge in [0.1, 0.15) is 13.2 Å². The Morgan fingerprint density at radius 1 is 1.25 bits per heavy atom. The minimum Gasteiger partial charge on any atom is -0.486 e. The number of fused-ring (bicyclic) bond motifs is 1. The fourth-order valence-electron chi connectivity index (χ4n) is 2.15. The molecular weight excluding hydrogens is 294 g/mol. The average Bonchev–Trinajstić information content (AvgIpc) is 2.90. The van der Waals surface area contributed by atoms with Crippen LogP contribution in [0.3, 0.4) is 0 Å². The van der Waals surface area contributed by atoms with Crippen molar-refractivity contribution >= 4 is 22.9 Å². The van der Waals surface area contributed by atoms with E-state index in [1.165, 1.54) is 10.4 Å². The van der Waals surface area contributed by atoms with Gasteiger partial charge in [0.25, 0.3) is 0 Å². The molecule has 1 aromatic carbocycles. The zero-order valence-corrected chi connectivity index (χ0v) is 12.8. The fourth-order valence-corrected chi connectivity index (χ4v) is 3.17. The van der Waals surface area contributed by atoms with Crippen LogP contribution < -0.4 is 14.8 Å². The van der Waals surface area contributed by atoms with Crippen LogP contribution in [0.2, 0.25) is 5.02 Å². The maximum atomic E-state index is 5.92.